The number of carbonyl (C=O) groups is 2. The van der Waals surface area contributed by atoms with E-state index in [0.717, 1.165) is 37.7 Å². The van der Waals surface area contributed by atoms with Crippen LogP contribution in [-0.2, 0) is 12.8 Å². The number of hydrogen-bond donors (Lipinski definition) is 2. The lowest BCUT2D eigenvalue weighted by atomic mass is 10.1. The number of nitrogens with one attached hydrogen (secondary N) is 1. The molecule has 0 aromatic carbocycles. The van der Waals surface area contributed by atoms with Gasteiger partial charge in [0.25, 0.3) is 11.8 Å². The minimum absolute atomic E-state index is 0.266. The predicted molar refractivity (Wildman–Crippen MR) is 90.2 cm³/mol. The first-order valence-corrected chi connectivity index (χ1v) is 8.61. The zero-order valence-electron chi connectivity index (χ0n) is 13.3. The SMILES string of the molecule is Cc1cc(C(=O)Nc2sc3c(c2C(N)=O)CCCCC3)c(C)o1. The van der Waals surface area contributed by atoms with Crippen LogP contribution in [0, 0.1) is 13.8 Å². The summed E-state index contributed by atoms with van der Waals surface area (Å²) in [5, 5.41) is 3.42. The smallest absolute Gasteiger partial charge is 0.259 e. The van der Waals surface area contributed by atoms with Crippen molar-refractivity contribution in [3.63, 3.8) is 0 Å². The number of aryl methyl sites for hydroxylation is 3. The molecule has 122 valence electrons. The molecular weight excluding hydrogens is 312 g/mol. The van der Waals surface area contributed by atoms with Crippen molar-refractivity contribution in [1.29, 1.82) is 0 Å². The fourth-order valence-electron chi connectivity index (χ4n) is 3.12. The number of anilines is 1. The maximum absolute atomic E-state index is 12.5. The Morgan fingerprint density at radius 2 is 1.96 bits per heavy atom. The van der Waals surface area contributed by atoms with Gasteiger partial charge in [0.05, 0.1) is 11.1 Å². The Hall–Kier alpha value is -2.08. The molecule has 2 aromatic heterocycles. The van der Waals surface area contributed by atoms with E-state index in [1.165, 1.54) is 16.2 Å². The third-order valence-corrected chi connectivity index (χ3v) is 5.39. The van der Waals surface area contributed by atoms with E-state index in [-0.39, 0.29) is 5.91 Å². The van der Waals surface area contributed by atoms with Gasteiger partial charge < -0.3 is 15.5 Å². The summed E-state index contributed by atoms with van der Waals surface area (Å²) < 4.78 is 5.40. The van der Waals surface area contributed by atoms with Gasteiger partial charge in [0.2, 0.25) is 0 Å². The lowest BCUT2D eigenvalue weighted by molar-refractivity contribution is 0.100. The largest absolute Gasteiger partial charge is 0.466 e. The molecule has 0 saturated carbocycles. The van der Waals surface area contributed by atoms with Crippen molar-refractivity contribution < 1.29 is 14.0 Å². The summed E-state index contributed by atoms with van der Waals surface area (Å²) >= 11 is 1.48. The molecule has 6 heteroatoms. The van der Waals surface area contributed by atoms with Crippen molar-refractivity contribution in [2.45, 2.75) is 46.0 Å². The van der Waals surface area contributed by atoms with Crippen LogP contribution in [0.25, 0.3) is 0 Å². The summed E-state index contributed by atoms with van der Waals surface area (Å²) in [5.74, 6) is 0.515. The van der Waals surface area contributed by atoms with E-state index in [0.29, 0.717) is 27.6 Å². The Bertz CT molecular complexity index is 773. The summed E-state index contributed by atoms with van der Waals surface area (Å²) in [4.78, 5) is 25.6. The Kier molecular flexibility index (Phi) is 4.26. The van der Waals surface area contributed by atoms with Crippen molar-refractivity contribution in [2.24, 2.45) is 5.73 Å². The lowest BCUT2D eigenvalue weighted by Crippen LogP contribution is -2.18. The van der Waals surface area contributed by atoms with Gasteiger partial charge in [-0.05, 0) is 51.2 Å². The molecule has 2 heterocycles. The van der Waals surface area contributed by atoms with Crippen LogP contribution < -0.4 is 11.1 Å². The molecule has 0 atom stereocenters. The molecule has 0 aliphatic heterocycles. The molecule has 1 aliphatic rings. The van der Waals surface area contributed by atoms with Gasteiger partial charge in [-0.25, -0.2) is 0 Å². The molecule has 0 unspecified atom stereocenters. The summed E-state index contributed by atoms with van der Waals surface area (Å²) in [5.41, 5.74) is 7.58. The highest BCUT2D eigenvalue weighted by atomic mass is 32.1. The number of primary amides is 1. The van der Waals surface area contributed by atoms with Gasteiger partial charge in [-0.1, -0.05) is 6.42 Å². The number of fused-ring (bicyclic) bond motifs is 1. The maximum Gasteiger partial charge on any atom is 0.259 e. The van der Waals surface area contributed by atoms with E-state index in [4.69, 9.17) is 10.2 Å². The summed E-state index contributed by atoms with van der Waals surface area (Å²) in [6, 6.07) is 1.70. The summed E-state index contributed by atoms with van der Waals surface area (Å²) in [7, 11) is 0. The number of furan rings is 1. The first kappa shape index (κ1) is 15.8. The number of hydrogen-bond acceptors (Lipinski definition) is 4. The second-order valence-electron chi connectivity index (χ2n) is 5.91. The molecule has 23 heavy (non-hydrogen) atoms. The van der Waals surface area contributed by atoms with Gasteiger partial charge in [-0.15, -0.1) is 11.3 Å². The fraction of sp³-hybridized carbons (Fsp3) is 0.412. The normalized spacial score (nSPS) is 14.2. The Balaban J connectivity index is 1.95. The van der Waals surface area contributed by atoms with E-state index in [1.807, 2.05) is 0 Å². The van der Waals surface area contributed by atoms with Crippen molar-refractivity contribution in [3.05, 3.63) is 39.2 Å². The Morgan fingerprint density at radius 1 is 1.22 bits per heavy atom. The van der Waals surface area contributed by atoms with Crippen molar-refractivity contribution in [1.82, 2.24) is 0 Å². The van der Waals surface area contributed by atoms with Crippen LogP contribution in [0.15, 0.2) is 10.5 Å². The number of amides is 2. The molecular formula is C17H20N2O3S. The van der Waals surface area contributed by atoms with E-state index < -0.39 is 5.91 Å². The van der Waals surface area contributed by atoms with Crippen molar-refractivity contribution >= 4 is 28.2 Å². The standard InChI is InChI=1S/C17H20N2O3S/c1-9-8-12(10(2)22-9)16(21)19-17-14(15(18)20)11-6-4-3-5-7-13(11)23-17/h8H,3-7H2,1-2H3,(H2,18,20)(H,19,21). The van der Waals surface area contributed by atoms with Gasteiger partial charge in [0, 0.05) is 4.88 Å². The third kappa shape index (κ3) is 3.03. The average Bonchev–Trinajstić information content (AvgIpc) is 2.90. The predicted octanol–water partition coefficient (Wildman–Crippen LogP) is 3.58. The van der Waals surface area contributed by atoms with Gasteiger partial charge >= 0.3 is 0 Å². The van der Waals surface area contributed by atoms with Gasteiger partial charge in [-0.3, -0.25) is 9.59 Å². The van der Waals surface area contributed by atoms with Crippen molar-refractivity contribution in [3.8, 4) is 0 Å². The topological polar surface area (TPSA) is 85.3 Å². The minimum Gasteiger partial charge on any atom is -0.466 e. The van der Waals surface area contributed by atoms with Crippen LogP contribution in [0.3, 0.4) is 0 Å². The molecule has 3 N–H and O–H groups in total. The lowest BCUT2D eigenvalue weighted by Gasteiger charge is -2.05. The molecule has 2 amide bonds. The van der Waals surface area contributed by atoms with E-state index in [2.05, 4.69) is 5.32 Å². The first-order valence-electron chi connectivity index (χ1n) is 7.80. The first-order chi connectivity index (χ1) is 11.0. The Morgan fingerprint density at radius 3 is 2.61 bits per heavy atom. The molecule has 1 aliphatic carbocycles. The number of nitrogens with two attached hydrogens (primary N) is 1. The fourth-order valence-corrected chi connectivity index (χ4v) is 4.41. The van der Waals surface area contributed by atoms with Crippen LogP contribution in [-0.4, -0.2) is 11.8 Å². The van der Waals surface area contributed by atoms with Crippen LogP contribution in [0.4, 0.5) is 5.00 Å². The zero-order valence-corrected chi connectivity index (χ0v) is 14.1. The summed E-state index contributed by atoms with van der Waals surface area (Å²) in [6.45, 7) is 3.55. The van der Waals surface area contributed by atoms with Crippen molar-refractivity contribution in [2.75, 3.05) is 5.32 Å². The van der Waals surface area contributed by atoms with Crippen LogP contribution in [0.5, 0.6) is 0 Å². The van der Waals surface area contributed by atoms with Gasteiger partial charge in [-0.2, -0.15) is 0 Å². The molecule has 0 spiro atoms. The molecule has 0 saturated heterocycles. The summed E-state index contributed by atoms with van der Waals surface area (Å²) in [6.07, 6.45) is 5.12. The molecule has 0 radical (unpaired) electrons. The van der Waals surface area contributed by atoms with E-state index in [1.54, 1.807) is 19.9 Å². The second-order valence-corrected chi connectivity index (χ2v) is 7.02. The molecule has 0 bridgehead atoms. The zero-order chi connectivity index (χ0) is 16.6. The quantitative estimate of drug-likeness (QED) is 0.842. The number of carbonyl (C=O) groups excluding carboxylic acids is 2. The highest BCUT2D eigenvalue weighted by molar-refractivity contribution is 7.17. The average molecular weight is 332 g/mol. The van der Waals surface area contributed by atoms with Crippen LogP contribution in [0.2, 0.25) is 0 Å². The van der Waals surface area contributed by atoms with Crippen LogP contribution in [0.1, 0.15) is 61.9 Å². The monoisotopic (exact) mass is 332 g/mol. The molecule has 5 nitrogen and oxygen atoms in total. The molecule has 0 fully saturated rings. The number of rotatable bonds is 3. The highest BCUT2D eigenvalue weighted by Crippen LogP contribution is 2.37. The maximum atomic E-state index is 12.5. The third-order valence-electron chi connectivity index (χ3n) is 4.18. The van der Waals surface area contributed by atoms with E-state index in [9.17, 15) is 9.59 Å². The van der Waals surface area contributed by atoms with Gasteiger partial charge in [0.15, 0.2) is 0 Å². The van der Waals surface area contributed by atoms with Crippen LogP contribution >= 0.6 is 11.3 Å². The Labute approximate surface area is 138 Å². The number of thiophene rings is 1. The van der Waals surface area contributed by atoms with E-state index >= 15 is 0 Å². The highest BCUT2D eigenvalue weighted by Gasteiger charge is 2.25. The minimum atomic E-state index is -0.472. The second kappa shape index (κ2) is 6.20. The molecule has 3 rings (SSSR count). The van der Waals surface area contributed by atoms with Gasteiger partial charge in [0.1, 0.15) is 16.5 Å². The molecule has 2 aromatic rings.